The molecule has 1 atom stereocenters. The molecular weight excluding hydrogens is 448 g/mol. The Morgan fingerprint density at radius 3 is 1.29 bits per heavy atom. The van der Waals surface area contributed by atoms with Gasteiger partial charge in [-0.05, 0) is 12.8 Å². The van der Waals surface area contributed by atoms with Crippen LogP contribution in [0.15, 0.2) is 0 Å². The molecule has 1 unspecified atom stereocenters. The van der Waals surface area contributed by atoms with Crippen molar-refractivity contribution in [3.8, 4) is 0 Å². The Hall–Kier alpha value is -0.750. The van der Waals surface area contributed by atoms with E-state index in [1.165, 1.54) is 89.9 Å². The normalized spacial score (nSPS) is 12.9. The zero-order valence-electron chi connectivity index (χ0n) is 22.3. The second kappa shape index (κ2) is 24.0. The number of ether oxygens (including phenoxy) is 2. The van der Waals surface area contributed by atoms with E-state index in [0.29, 0.717) is 6.61 Å². The monoisotopic (exact) mass is 502 g/mol. The first-order valence-electron chi connectivity index (χ1n) is 14.2. The van der Waals surface area contributed by atoms with Crippen molar-refractivity contribution >= 4 is 24.6 Å². The third-order valence-electron chi connectivity index (χ3n) is 6.21. The van der Waals surface area contributed by atoms with E-state index >= 15 is 0 Å². The van der Waals surface area contributed by atoms with Crippen molar-refractivity contribution in [3.63, 3.8) is 0 Å². The number of thiol groups is 1. The van der Waals surface area contributed by atoms with Crippen molar-refractivity contribution < 1.29 is 24.2 Å². The van der Waals surface area contributed by atoms with Crippen LogP contribution in [0.5, 0.6) is 0 Å². The molecule has 0 aliphatic rings. The number of esters is 2. The molecular formula is C28H54O5S. The van der Waals surface area contributed by atoms with Crippen LogP contribution in [-0.2, 0) is 19.1 Å². The maximum Gasteiger partial charge on any atom is 0.349 e. The van der Waals surface area contributed by atoms with Gasteiger partial charge in [0.1, 0.15) is 0 Å². The Morgan fingerprint density at radius 1 is 0.588 bits per heavy atom. The summed E-state index contributed by atoms with van der Waals surface area (Å²) in [5.41, 5.74) is 0. The molecule has 1 N–H and O–H groups in total. The molecule has 0 aliphatic carbocycles. The van der Waals surface area contributed by atoms with Crippen molar-refractivity contribution in [2.24, 2.45) is 0 Å². The number of carbonyl (C=O) groups is 2. The Morgan fingerprint density at radius 2 is 0.912 bits per heavy atom. The molecule has 0 amide bonds. The van der Waals surface area contributed by atoms with E-state index < -0.39 is 23.3 Å². The molecule has 0 bridgehead atoms. The van der Waals surface area contributed by atoms with Crippen LogP contribution in [0, 0.1) is 0 Å². The topological polar surface area (TPSA) is 72.8 Å². The van der Waals surface area contributed by atoms with Gasteiger partial charge < -0.3 is 14.6 Å². The average Bonchev–Trinajstić information content (AvgIpc) is 2.80. The molecule has 0 fully saturated rings. The van der Waals surface area contributed by atoms with E-state index in [1.807, 2.05) is 0 Å². The highest BCUT2D eigenvalue weighted by Gasteiger charge is 2.36. The minimum absolute atomic E-state index is 0.242. The van der Waals surface area contributed by atoms with Crippen LogP contribution >= 0.6 is 12.6 Å². The molecule has 0 aromatic carbocycles. The number of carbonyl (C=O) groups excluding carboxylic acids is 2. The fourth-order valence-electron chi connectivity index (χ4n) is 3.97. The Kier molecular flexibility index (Phi) is 23.4. The Bertz CT molecular complexity index is 481. The Balaban J connectivity index is 3.63. The summed E-state index contributed by atoms with van der Waals surface area (Å²) < 4.78 is 10.3. The van der Waals surface area contributed by atoms with Crippen molar-refractivity contribution in [2.45, 2.75) is 154 Å². The van der Waals surface area contributed by atoms with Crippen molar-refractivity contribution in [2.75, 3.05) is 13.2 Å². The smallest absolute Gasteiger partial charge is 0.349 e. The minimum atomic E-state index is -2.13. The number of aliphatic hydroxyl groups is 1. The summed E-state index contributed by atoms with van der Waals surface area (Å²) in [5, 5.41) is 10.2. The molecule has 0 heterocycles. The predicted octanol–water partition coefficient (Wildman–Crippen LogP) is 7.92. The maximum atomic E-state index is 12.1. The lowest BCUT2D eigenvalue weighted by Crippen LogP contribution is -2.37. The molecule has 5 nitrogen and oxygen atoms in total. The van der Waals surface area contributed by atoms with Gasteiger partial charge in [-0.25, -0.2) is 4.79 Å². The zero-order valence-corrected chi connectivity index (χ0v) is 23.2. The summed E-state index contributed by atoms with van der Waals surface area (Å²) >= 11 is 3.94. The molecule has 34 heavy (non-hydrogen) atoms. The Labute approximate surface area is 215 Å². The second-order valence-electron chi connectivity index (χ2n) is 9.71. The molecule has 0 aromatic rings. The van der Waals surface area contributed by atoms with Gasteiger partial charge in [-0.15, -0.1) is 12.6 Å². The predicted molar refractivity (Wildman–Crippen MR) is 144 cm³/mol. The number of unbranched alkanes of at least 4 members (excludes halogenated alkanes) is 18. The summed E-state index contributed by atoms with van der Waals surface area (Å²) in [6.45, 7) is 5.01. The first-order chi connectivity index (χ1) is 16.4. The third kappa shape index (κ3) is 21.8. The van der Waals surface area contributed by atoms with Crippen molar-refractivity contribution in [1.82, 2.24) is 0 Å². The molecule has 0 saturated heterocycles. The first-order valence-corrected chi connectivity index (χ1v) is 14.7. The van der Waals surface area contributed by atoms with Crippen LogP contribution in [0.4, 0.5) is 0 Å². The molecule has 0 aromatic heterocycles. The van der Waals surface area contributed by atoms with E-state index in [-0.39, 0.29) is 6.61 Å². The zero-order chi connectivity index (χ0) is 25.3. The molecule has 0 saturated carbocycles. The van der Waals surface area contributed by atoms with Gasteiger partial charge in [-0.3, -0.25) is 4.79 Å². The molecule has 0 aliphatic heterocycles. The van der Waals surface area contributed by atoms with Gasteiger partial charge >= 0.3 is 11.9 Å². The van der Waals surface area contributed by atoms with Crippen LogP contribution in [0.1, 0.15) is 149 Å². The average molecular weight is 503 g/mol. The van der Waals surface area contributed by atoms with E-state index in [0.717, 1.165) is 38.5 Å². The second-order valence-corrected chi connectivity index (χ2v) is 10.5. The SMILES string of the molecule is CCCCCCCCCCCCOC(=O)CC(O)(S)C(=O)OCCCCCCCCCCCC. The van der Waals surface area contributed by atoms with Crippen LogP contribution in [0.25, 0.3) is 0 Å². The minimum Gasteiger partial charge on any atom is -0.466 e. The van der Waals surface area contributed by atoms with E-state index in [1.54, 1.807) is 0 Å². The fourth-order valence-corrected chi connectivity index (χ4v) is 4.16. The summed E-state index contributed by atoms with van der Waals surface area (Å²) in [5.74, 6) is -1.49. The van der Waals surface area contributed by atoms with Crippen LogP contribution < -0.4 is 0 Å². The quantitative estimate of drug-likeness (QED) is 0.0574. The highest BCUT2D eigenvalue weighted by Crippen LogP contribution is 2.19. The van der Waals surface area contributed by atoms with E-state index in [9.17, 15) is 14.7 Å². The fraction of sp³-hybridized carbons (Fsp3) is 0.929. The number of rotatable bonds is 25. The molecule has 0 spiro atoms. The molecule has 0 radical (unpaired) electrons. The summed E-state index contributed by atoms with van der Waals surface area (Å²) in [7, 11) is 0. The highest BCUT2D eigenvalue weighted by molar-refractivity contribution is 7.82. The van der Waals surface area contributed by atoms with Gasteiger partial charge in [0.05, 0.1) is 19.6 Å². The van der Waals surface area contributed by atoms with Gasteiger partial charge in [0.15, 0.2) is 0 Å². The van der Waals surface area contributed by atoms with Crippen molar-refractivity contribution in [3.05, 3.63) is 0 Å². The van der Waals surface area contributed by atoms with Gasteiger partial charge in [0, 0.05) is 0 Å². The number of hydrogen-bond donors (Lipinski definition) is 2. The summed E-state index contributed by atoms with van der Waals surface area (Å²) in [6.07, 6.45) is 23.5. The number of hydrogen-bond acceptors (Lipinski definition) is 6. The molecule has 0 rings (SSSR count). The summed E-state index contributed by atoms with van der Waals surface area (Å²) in [4.78, 5) is 21.9. The third-order valence-corrected chi connectivity index (χ3v) is 6.55. The summed E-state index contributed by atoms with van der Waals surface area (Å²) in [6, 6.07) is 0. The van der Waals surface area contributed by atoms with Crippen molar-refractivity contribution in [1.29, 1.82) is 0 Å². The lowest BCUT2D eigenvalue weighted by Gasteiger charge is -2.19. The maximum absolute atomic E-state index is 12.1. The largest absolute Gasteiger partial charge is 0.466 e. The highest BCUT2D eigenvalue weighted by atomic mass is 32.1. The van der Waals surface area contributed by atoms with Crippen LogP contribution in [0.3, 0.4) is 0 Å². The van der Waals surface area contributed by atoms with E-state index in [4.69, 9.17) is 9.47 Å². The molecule has 6 heteroatoms. The van der Waals surface area contributed by atoms with Crippen LogP contribution in [-0.4, -0.2) is 35.2 Å². The lowest BCUT2D eigenvalue weighted by molar-refractivity contribution is -0.163. The molecule has 202 valence electrons. The van der Waals surface area contributed by atoms with Gasteiger partial charge in [-0.1, -0.05) is 129 Å². The first kappa shape index (κ1) is 33.2. The lowest BCUT2D eigenvalue weighted by atomic mass is 10.1. The van der Waals surface area contributed by atoms with E-state index in [2.05, 4.69) is 26.5 Å². The van der Waals surface area contributed by atoms with Gasteiger partial charge in [0.25, 0.3) is 0 Å². The standard InChI is InChI=1S/C28H54O5S/c1-3-5-7-9-11-13-15-17-19-21-23-32-26(29)25-28(31,34)27(30)33-24-22-20-18-16-14-12-10-8-6-4-2/h31,34H,3-25H2,1-2H3. The van der Waals surface area contributed by atoms with Gasteiger partial charge in [-0.2, -0.15) is 0 Å². The van der Waals surface area contributed by atoms with Gasteiger partial charge in [0.2, 0.25) is 4.93 Å². The van der Waals surface area contributed by atoms with Crippen LogP contribution in [0.2, 0.25) is 0 Å².